The number of allylic oxidation sites excluding steroid dienone is 4. The molecule has 0 N–H and O–H groups in total. The molecule has 0 amide bonds. The summed E-state index contributed by atoms with van der Waals surface area (Å²) in [4.78, 5) is 0. The van der Waals surface area contributed by atoms with Crippen molar-refractivity contribution < 1.29 is 4.43 Å². The predicted octanol–water partition coefficient (Wildman–Crippen LogP) is 5.35. The lowest BCUT2D eigenvalue weighted by Gasteiger charge is -2.41. The second-order valence-corrected chi connectivity index (χ2v) is 16.5. The maximum atomic E-state index is 5.94. The van der Waals surface area contributed by atoms with Crippen molar-refractivity contribution in [2.75, 3.05) is 21.1 Å². The molecule has 0 fully saturated rings. The molecule has 0 spiro atoms. The molecule has 0 atom stereocenters. The highest BCUT2D eigenvalue weighted by Crippen LogP contribution is 2.46. The summed E-state index contributed by atoms with van der Waals surface area (Å²) in [6, 6.07) is 2.47. The van der Waals surface area contributed by atoms with Crippen LogP contribution in [0.25, 0.3) is 0 Å². The third-order valence-corrected chi connectivity index (χ3v) is 9.88. The molecule has 0 saturated heterocycles. The molecular formula is C24H39NOSi2+. The van der Waals surface area contributed by atoms with Crippen molar-refractivity contribution >= 4 is 29.4 Å². The van der Waals surface area contributed by atoms with Gasteiger partial charge in [0.2, 0.25) is 0 Å². The molecule has 1 aliphatic rings. The summed E-state index contributed by atoms with van der Waals surface area (Å²) in [6.07, 6.45) is 9.17. The van der Waals surface area contributed by atoms with Gasteiger partial charge in [-0.2, -0.15) is 0 Å². The molecule has 1 aromatic rings. The quantitative estimate of drug-likeness (QED) is 0.477. The first-order valence-electron chi connectivity index (χ1n) is 10.3. The number of rotatable bonds is 4. The number of hydrogen-bond acceptors (Lipinski definition) is 1. The Kier molecular flexibility index (Phi) is 6.04. The van der Waals surface area contributed by atoms with Gasteiger partial charge in [0.1, 0.15) is 11.4 Å². The van der Waals surface area contributed by atoms with Crippen molar-refractivity contribution in [3.63, 3.8) is 0 Å². The molecule has 3 radical (unpaired) electrons. The summed E-state index contributed by atoms with van der Waals surface area (Å²) >= 11 is 0. The maximum absolute atomic E-state index is 5.94. The first kappa shape index (κ1) is 23.2. The van der Waals surface area contributed by atoms with Gasteiger partial charge in [0.05, 0.1) is 34.8 Å². The monoisotopic (exact) mass is 413 g/mol. The van der Waals surface area contributed by atoms with Crippen LogP contribution in [0, 0.1) is 0 Å². The highest BCUT2D eigenvalue weighted by Gasteiger charge is 2.43. The van der Waals surface area contributed by atoms with Crippen molar-refractivity contribution in [2.45, 2.75) is 71.0 Å². The largest absolute Gasteiger partial charge is 0.540 e. The zero-order chi connectivity index (χ0) is 21.7. The minimum atomic E-state index is -1.82. The van der Waals surface area contributed by atoms with Gasteiger partial charge in [-0.1, -0.05) is 78.9 Å². The fourth-order valence-corrected chi connectivity index (χ4v) is 7.64. The van der Waals surface area contributed by atoms with Gasteiger partial charge in [0, 0.05) is 5.19 Å². The van der Waals surface area contributed by atoms with Crippen LogP contribution in [0.3, 0.4) is 0 Å². The summed E-state index contributed by atoms with van der Waals surface area (Å²) in [5.41, 5.74) is 4.50. The van der Waals surface area contributed by atoms with Gasteiger partial charge in [-0.3, -0.25) is 4.48 Å². The summed E-state index contributed by atoms with van der Waals surface area (Å²) in [7, 11) is 8.46. The minimum absolute atomic E-state index is 0.00795. The molecule has 0 unspecified atom stereocenters. The van der Waals surface area contributed by atoms with E-state index in [4.69, 9.17) is 4.43 Å². The lowest BCUT2D eigenvalue weighted by atomic mass is 9.78. The molecule has 0 saturated carbocycles. The minimum Gasteiger partial charge on any atom is -0.540 e. The highest BCUT2D eigenvalue weighted by molar-refractivity contribution is 6.92. The summed E-state index contributed by atoms with van der Waals surface area (Å²) in [6.45, 7) is 18.8. The zero-order valence-electron chi connectivity index (χ0n) is 19.8. The average molecular weight is 414 g/mol. The number of nitrogens with zero attached hydrogens (tertiary/aromatic N) is 1. The Morgan fingerprint density at radius 2 is 1.43 bits per heavy atom. The van der Waals surface area contributed by atoms with E-state index in [9.17, 15) is 0 Å². The molecule has 2 rings (SSSR count). The maximum Gasteiger partial charge on any atom is 0.341 e. The second kappa shape index (κ2) is 7.30. The Labute approximate surface area is 177 Å². The smallest absolute Gasteiger partial charge is 0.341 e. The van der Waals surface area contributed by atoms with Crippen LogP contribution in [0.2, 0.25) is 18.6 Å². The van der Waals surface area contributed by atoms with Crippen molar-refractivity contribution in [2.24, 2.45) is 0 Å². The van der Waals surface area contributed by atoms with Gasteiger partial charge in [0.25, 0.3) is 0 Å². The van der Waals surface area contributed by atoms with Gasteiger partial charge in [-0.15, -0.1) is 0 Å². The highest BCUT2D eigenvalue weighted by atomic mass is 28.3. The predicted molar refractivity (Wildman–Crippen MR) is 129 cm³/mol. The molecule has 0 bridgehead atoms. The average Bonchev–Trinajstić information content (AvgIpc) is 3.05. The van der Waals surface area contributed by atoms with Gasteiger partial charge in [-0.05, 0) is 28.0 Å². The molecule has 2 nitrogen and oxygen atoms in total. The van der Waals surface area contributed by atoms with Crippen LogP contribution in [-0.4, -0.2) is 39.7 Å². The normalized spacial score (nSPS) is 16.1. The van der Waals surface area contributed by atoms with Crippen LogP contribution in [0.15, 0.2) is 30.4 Å². The van der Waals surface area contributed by atoms with Crippen LogP contribution in [0.4, 0.5) is 5.69 Å². The van der Waals surface area contributed by atoms with E-state index in [-0.39, 0.29) is 10.8 Å². The molecule has 1 aliphatic carbocycles. The van der Waals surface area contributed by atoms with Gasteiger partial charge in [0.15, 0.2) is 0 Å². The third-order valence-electron chi connectivity index (χ3n) is 5.86. The van der Waals surface area contributed by atoms with Crippen LogP contribution in [0.5, 0.6) is 5.75 Å². The van der Waals surface area contributed by atoms with Crippen LogP contribution < -0.4 is 14.1 Å². The standard InChI is InChI=1S/C24H39NOSi2/c1-23(2,3)18-16-19(28(10,11)17-14-12-13-15-17)21(25(7,8)9)20(22(18)26-27)24(4,5)6/h12-17H,1-11H3/q+1. The van der Waals surface area contributed by atoms with Crippen molar-refractivity contribution in [1.82, 2.24) is 4.48 Å². The van der Waals surface area contributed by atoms with Gasteiger partial charge < -0.3 is 4.43 Å². The molecule has 28 heavy (non-hydrogen) atoms. The van der Waals surface area contributed by atoms with Gasteiger partial charge in [-0.25, -0.2) is 0 Å². The fourth-order valence-electron chi connectivity index (χ4n) is 4.29. The van der Waals surface area contributed by atoms with Crippen molar-refractivity contribution in [3.05, 3.63) is 41.5 Å². The molecular weight excluding hydrogens is 374 g/mol. The van der Waals surface area contributed by atoms with E-state index in [1.54, 1.807) is 5.19 Å². The van der Waals surface area contributed by atoms with E-state index in [1.807, 2.05) is 0 Å². The topological polar surface area (TPSA) is 9.23 Å². The lowest BCUT2D eigenvalue weighted by Crippen LogP contribution is -2.52. The van der Waals surface area contributed by atoms with E-state index in [1.165, 1.54) is 16.8 Å². The summed E-state index contributed by atoms with van der Waals surface area (Å²) < 4.78 is 6.72. The molecule has 4 heteroatoms. The Bertz CT molecular complexity index is 788. The van der Waals surface area contributed by atoms with E-state index in [0.29, 0.717) is 5.54 Å². The Morgan fingerprint density at radius 3 is 1.79 bits per heavy atom. The second-order valence-electron chi connectivity index (χ2n) is 11.7. The molecule has 0 aromatic heterocycles. The summed E-state index contributed by atoms with van der Waals surface area (Å²) in [5, 5.41) is 1.54. The van der Waals surface area contributed by atoms with Crippen LogP contribution >= 0.6 is 0 Å². The molecule has 1 aromatic carbocycles. The van der Waals surface area contributed by atoms with E-state index < -0.39 is 8.07 Å². The Balaban J connectivity index is 3.06. The third kappa shape index (κ3) is 4.24. The zero-order valence-corrected chi connectivity index (χ0v) is 21.8. The van der Waals surface area contributed by atoms with E-state index in [0.717, 1.165) is 10.2 Å². The summed E-state index contributed by atoms with van der Waals surface area (Å²) in [5.74, 6) is 0.991. The van der Waals surface area contributed by atoms with Crippen LogP contribution in [-0.2, 0) is 10.8 Å². The molecule has 0 aliphatic heterocycles. The Morgan fingerprint density at radius 1 is 0.929 bits per heavy atom. The number of quaternary nitrogens is 1. The van der Waals surface area contributed by atoms with E-state index >= 15 is 0 Å². The number of benzene rings is 1. The fraction of sp³-hybridized carbons (Fsp3) is 0.583. The van der Waals surface area contributed by atoms with E-state index in [2.05, 4.69) is 117 Å². The first-order valence-corrected chi connectivity index (χ1v) is 13.7. The van der Waals surface area contributed by atoms with Crippen molar-refractivity contribution in [3.8, 4) is 5.75 Å². The number of hydrogen-bond donors (Lipinski definition) is 0. The SMILES string of the molecule is CC(C)(C)c1cc([Si](C)(C)C2C=CC=C2)c([N+](C)(C)C)c(C(C)(C)C)c1O[Si]. The Hall–Kier alpha value is -1.11. The molecule has 153 valence electrons. The van der Waals surface area contributed by atoms with Crippen molar-refractivity contribution in [1.29, 1.82) is 0 Å². The van der Waals surface area contributed by atoms with Crippen LogP contribution in [0.1, 0.15) is 52.7 Å². The van der Waals surface area contributed by atoms with Gasteiger partial charge >= 0.3 is 10.5 Å². The first-order chi connectivity index (χ1) is 12.5. The lowest BCUT2D eigenvalue weighted by molar-refractivity contribution is 0.451. The molecule has 0 heterocycles.